The van der Waals surface area contributed by atoms with Crippen LogP contribution in [0.5, 0.6) is 5.75 Å². The minimum atomic E-state index is 0.221. The van der Waals surface area contributed by atoms with E-state index in [2.05, 4.69) is 5.16 Å². The summed E-state index contributed by atoms with van der Waals surface area (Å²) in [5.41, 5.74) is 5.44. The fourth-order valence-corrected chi connectivity index (χ4v) is 3.38. The summed E-state index contributed by atoms with van der Waals surface area (Å²) in [6.07, 6.45) is 1.31. The number of aromatic hydroxyl groups is 1. The molecule has 0 fully saturated rings. The van der Waals surface area contributed by atoms with E-state index in [4.69, 9.17) is 9.93 Å². The van der Waals surface area contributed by atoms with Crippen molar-refractivity contribution in [2.75, 3.05) is 0 Å². The van der Waals surface area contributed by atoms with Gasteiger partial charge in [0.05, 0.1) is 28.8 Å². The molecule has 4 rings (SSSR count). The van der Waals surface area contributed by atoms with E-state index in [1.165, 1.54) is 6.34 Å². The number of nitrogens with zero attached hydrogens (tertiary/aromatic N) is 2. The van der Waals surface area contributed by atoms with E-state index in [1.807, 2.05) is 54.8 Å². The zero-order valence-electron chi connectivity index (χ0n) is 13.9. The highest BCUT2D eigenvalue weighted by molar-refractivity contribution is 6.08. The van der Waals surface area contributed by atoms with Gasteiger partial charge >= 0.3 is 0 Å². The summed E-state index contributed by atoms with van der Waals surface area (Å²) < 4.78 is 7.23. The standard InChI is InChI=1S/C20H17N3O2/c1-12-18(13(2)25-22-12)20-19(14-7-9-15(24)10-8-14)16-5-3-4-6-17(16)23(20)11-21/h3-11,21,24H,1-2H3. The van der Waals surface area contributed by atoms with Crippen LogP contribution in [0.3, 0.4) is 0 Å². The number of hydrogen-bond acceptors (Lipinski definition) is 4. The van der Waals surface area contributed by atoms with Crippen LogP contribution in [-0.2, 0) is 0 Å². The lowest BCUT2D eigenvalue weighted by Crippen LogP contribution is -1.98. The molecule has 0 atom stereocenters. The van der Waals surface area contributed by atoms with E-state index in [-0.39, 0.29) is 5.75 Å². The van der Waals surface area contributed by atoms with E-state index in [0.29, 0.717) is 5.76 Å². The Morgan fingerprint density at radius 3 is 2.40 bits per heavy atom. The molecule has 0 saturated heterocycles. The molecule has 124 valence electrons. The van der Waals surface area contributed by atoms with Crippen LogP contribution in [0.2, 0.25) is 0 Å². The monoisotopic (exact) mass is 331 g/mol. The van der Waals surface area contributed by atoms with Gasteiger partial charge in [-0.2, -0.15) is 0 Å². The normalized spacial score (nSPS) is 11.1. The fourth-order valence-electron chi connectivity index (χ4n) is 3.38. The number of phenols is 1. The number of nitrogens with one attached hydrogen (secondary N) is 1. The van der Waals surface area contributed by atoms with Crippen molar-refractivity contribution < 1.29 is 9.63 Å². The third kappa shape index (κ3) is 2.24. The second-order valence-electron chi connectivity index (χ2n) is 5.99. The number of benzene rings is 2. The van der Waals surface area contributed by atoms with Crippen LogP contribution in [0.1, 0.15) is 11.5 Å². The molecule has 2 aromatic heterocycles. The quantitative estimate of drug-likeness (QED) is 0.420. The highest BCUT2D eigenvalue weighted by atomic mass is 16.5. The maximum absolute atomic E-state index is 9.64. The van der Waals surface area contributed by atoms with Gasteiger partial charge in [0.15, 0.2) is 0 Å². The lowest BCUT2D eigenvalue weighted by atomic mass is 9.97. The number of para-hydroxylation sites is 1. The van der Waals surface area contributed by atoms with Crippen LogP contribution in [0.4, 0.5) is 0 Å². The number of fused-ring (bicyclic) bond motifs is 1. The molecule has 5 heteroatoms. The Kier molecular flexibility index (Phi) is 3.42. The van der Waals surface area contributed by atoms with Crippen LogP contribution >= 0.6 is 0 Å². The van der Waals surface area contributed by atoms with E-state index in [0.717, 1.165) is 39.0 Å². The van der Waals surface area contributed by atoms with Crippen molar-refractivity contribution in [2.24, 2.45) is 0 Å². The number of aryl methyl sites for hydroxylation is 2. The van der Waals surface area contributed by atoms with Gasteiger partial charge in [-0.05, 0) is 37.6 Å². The van der Waals surface area contributed by atoms with Gasteiger partial charge in [-0.3, -0.25) is 9.98 Å². The van der Waals surface area contributed by atoms with E-state index >= 15 is 0 Å². The molecule has 0 amide bonds. The first-order valence-corrected chi connectivity index (χ1v) is 7.98. The fraction of sp³-hybridized carbons (Fsp3) is 0.100. The molecule has 5 nitrogen and oxygen atoms in total. The summed E-state index contributed by atoms with van der Waals surface area (Å²) in [6.45, 7) is 3.78. The molecule has 2 N–H and O–H groups in total. The average molecular weight is 331 g/mol. The predicted molar refractivity (Wildman–Crippen MR) is 98.2 cm³/mol. The van der Waals surface area contributed by atoms with Gasteiger partial charge in [-0.1, -0.05) is 35.5 Å². The Bertz CT molecular complexity index is 1070. The molecule has 2 heterocycles. The number of aromatic nitrogens is 2. The minimum Gasteiger partial charge on any atom is -0.508 e. The van der Waals surface area contributed by atoms with Crippen LogP contribution < -0.4 is 0 Å². The summed E-state index contributed by atoms with van der Waals surface area (Å²) in [6, 6.07) is 15.1. The average Bonchev–Trinajstić information content (AvgIpc) is 3.12. The molecule has 0 bridgehead atoms. The molecule has 0 unspecified atom stereocenters. The smallest absolute Gasteiger partial charge is 0.143 e. The van der Waals surface area contributed by atoms with Gasteiger partial charge in [0.2, 0.25) is 0 Å². The molecule has 0 radical (unpaired) electrons. The van der Waals surface area contributed by atoms with Crippen molar-refractivity contribution in [1.29, 1.82) is 5.41 Å². The summed E-state index contributed by atoms with van der Waals surface area (Å²) in [7, 11) is 0. The zero-order valence-corrected chi connectivity index (χ0v) is 13.9. The SMILES string of the molecule is Cc1noc(C)c1-c1c(-c2ccc(O)cc2)c2ccccc2n1C=N. The Hall–Kier alpha value is -3.34. The van der Waals surface area contributed by atoms with Gasteiger partial charge in [0.1, 0.15) is 11.5 Å². The maximum Gasteiger partial charge on any atom is 0.143 e. The van der Waals surface area contributed by atoms with Gasteiger partial charge in [-0.15, -0.1) is 0 Å². The largest absolute Gasteiger partial charge is 0.508 e. The van der Waals surface area contributed by atoms with Crippen molar-refractivity contribution in [3.8, 4) is 28.1 Å². The highest BCUT2D eigenvalue weighted by Crippen LogP contribution is 2.42. The Morgan fingerprint density at radius 2 is 1.76 bits per heavy atom. The molecule has 0 aliphatic heterocycles. The Morgan fingerprint density at radius 1 is 1.04 bits per heavy atom. The number of phenolic OH excluding ortho intramolecular Hbond substituents is 1. The zero-order chi connectivity index (χ0) is 17.6. The molecular weight excluding hydrogens is 314 g/mol. The van der Waals surface area contributed by atoms with Crippen molar-refractivity contribution in [3.63, 3.8) is 0 Å². The van der Waals surface area contributed by atoms with Gasteiger partial charge in [-0.25, -0.2) is 0 Å². The van der Waals surface area contributed by atoms with Crippen molar-refractivity contribution in [3.05, 3.63) is 60.0 Å². The summed E-state index contributed by atoms with van der Waals surface area (Å²) >= 11 is 0. The van der Waals surface area contributed by atoms with Crippen LogP contribution in [-0.4, -0.2) is 21.2 Å². The maximum atomic E-state index is 9.64. The molecule has 0 aliphatic rings. The number of rotatable bonds is 3. The second kappa shape index (κ2) is 5.63. The summed E-state index contributed by atoms with van der Waals surface area (Å²) in [5.74, 6) is 0.932. The highest BCUT2D eigenvalue weighted by Gasteiger charge is 2.24. The first kappa shape index (κ1) is 15.2. The summed E-state index contributed by atoms with van der Waals surface area (Å²) in [4.78, 5) is 0. The topological polar surface area (TPSA) is 75.0 Å². The number of hydrogen-bond donors (Lipinski definition) is 2. The minimum absolute atomic E-state index is 0.221. The van der Waals surface area contributed by atoms with E-state index in [1.54, 1.807) is 12.1 Å². The lowest BCUT2D eigenvalue weighted by molar-refractivity contribution is 0.393. The van der Waals surface area contributed by atoms with Crippen molar-refractivity contribution in [2.45, 2.75) is 13.8 Å². The van der Waals surface area contributed by atoms with Gasteiger partial charge in [0, 0.05) is 10.9 Å². The first-order chi connectivity index (χ1) is 12.1. The molecule has 0 spiro atoms. The second-order valence-corrected chi connectivity index (χ2v) is 5.99. The van der Waals surface area contributed by atoms with Gasteiger partial charge in [0.25, 0.3) is 0 Å². The third-order valence-corrected chi connectivity index (χ3v) is 4.47. The Labute approximate surface area is 144 Å². The van der Waals surface area contributed by atoms with E-state index < -0.39 is 0 Å². The molecule has 4 aromatic rings. The molecule has 0 aliphatic carbocycles. The summed E-state index contributed by atoms with van der Waals surface area (Å²) in [5, 5.41) is 22.7. The van der Waals surface area contributed by atoms with Crippen molar-refractivity contribution >= 4 is 17.2 Å². The lowest BCUT2D eigenvalue weighted by Gasteiger charge is -2.08. The molecule has 2 aromatic carbocycles. The first-order valence-electron chi connectivity index (χ1n) is 7.98. The van der Waals surface area contributed by atoms with Gasteiger partial charge < -0.3 is 9.63 Å². The molecule has 25 heavy (non-hydrogen) atoms. The van der Waals surface area contributed by atoms with Crippen LogP contribution in [0.25, 0.3) is 33.3 Å². The van der Waals surface area contributed by atoms with E-state index in [9.17, 15) is 5.11 Å². The Balaban J connectivity index is 2.18. The van der Waals surface area contributed by atoms with Crippen LogP contribution in [0, 0.1) is 19.3 Å². The van der Waals surface area contributed by atoms with Crippen molar-refractivity contribution in [1.82, 2.24) is 9.72 Å². The predicted octanol–water partition coefficient (Wildman–Crippen LogP) is 4.74. The molecular formula is C20H17N3O2. The van der Waals surface area contributed by atoms with Crippen LogP contribution in [0.15, 0.2) is 53.1 Å². The third-order valence-electron chi connectivity index (χ3n) is 4.47. The molecule has 0 saturated carbocycles.